The van der Waals surface area contributed by atoms with Crippen LogP contribution < -0.4 is 5.32 Å². The summed E-state index contributed by atoms with van der Waals surface area (Å²) in [5.41, 5.74) is 4.20. The molecule has 0 atom stereocenters. The molecule has 0 spiro atoms. The molecule has 3 rings (SSSR count). The summed E-state index contributed by atoms with van der Waals surface area (Å²) in [6.45, 7) is 6.79. The first-order valence-corrected chi connectivity index (χ1v) is 9.54. The highest BCUT2D eigenvalue weighted by Gasteiger charge is 2.23. The van der Waals surface area contributed by atoms with Gasteiger partial charge in [0, 0.05) is 50.9 Å². The van der Waals surface area contributed by atoms with Crippen molar-refractivity contribution in [1.29, 1.82) is 0 Å². The molecule has 1 N–H and O–H groups in total. The normalized spacial score (nSPS) is 14.1. The van der Waals surface area contributed by atoms with Crippen molar-refractivity contribution >= 4 is 17.5 Å². The number of piperazine rings is 1. The fourth-order valence-electron chi connectivity index (χ4n) is 3.42. The number of carbonyl (C=O) groups excluding carboxylic acids is 2. The van der Waals surface area contributed by atoms with Crippen molar-refractivity contribution in [3.05, 3.63) is 65.2 Å². The molecule has 2 aromatic rings. The van der Waals surface area contributed by atoms with Crippen LogP contribution in [0.25, 0.3) is 0 Å². The monoisotopic (exact) mass is 365 g/mol. The Morgan fingerprint density at radius 2 is 1.67 bits per heavy atom. The molecule has 2 aromatic carbocycles. The summed E-state index contributed by atoms with van der Waals surface area (Å²) in [7, 11) is 0. The largest absolute Gasteiger partial charge is 0.381 e. The van der Waals surface area contributed by atoms with Crippen LogP contribution in [0.5, 0.6) is 0 Å². The van der Waals surface area contributed by atoms with E-state index in [2.05, 4.69) is 30.4 Å². The molecule has 27 heavy (non-hydrogen) atoms. The third-order valence-electron chi connectivity index (χ3n) is 5.07. The third-order valence-corrected chi connectivity index (χ3v) is 5.07. The summed E-state index contributed by atoms with van der Waals surface area (Å²) < 4.78 is 0. The van der Waals surface area contributed by atoms with Crippen molar-refractivity contribution in [2.24, 2.45) is 0 Å². The SMILES string of the molecule is CCc1ccccc1NCc1cccc(C(=O)N2CCN(C(C)=O)CC2)c1. The third kappa shape index (κ3) is 4.67. The molecule has 0 aliphatic carbocycles. The van der Waals surface area contributed by atoms with Crippen molar-refractivity contribution in [2.45, 2.75) is 26.8 Å². The zero-order valence-electron chi connectivity index (χ0n) is 16.1. The first kappa shape index (κ1) is 19.0. The van der Waals surface area contributed by atoms with Crippen molar-refractivity contribution in [1.82, 2.24) is 9.80 Å². The molecule has 1 aliphatic heterocycles. The zero-order chi connectivity index (χ0) is 19.2. The van der Waals surface area contributed by atoms with Crippen LogP contribution in [0.2, 0.25) is 0 Å². The molecule has 142 valence electrons. The van der Waals surface area contributed by atoms with E-state index in [1.807, 2.05) is 35.2 Å². The highest BCUT2D eigenvalue weighted by molar-refractivity contribution is 5.94. The Morgan fingerprint density at radius 3 is 2.37 bits per heavy atom. The minimum atomic E-state index is 0.0361. The van der Waals surface area contributed by atoms with Gasteiger partial charge >= 0.3 is 0 Å². The summed E-state index contributed by atoms with van der Waals surface area (Å²) in [6.07, 6.45) is 0.980. The molecule has 1 heterocycles. The van der Waals surface area contributed by atoms with Crippen LogP contribution in [0.4, 0.5) is 5.69 Å². The maximum absolute atomic E-state index is 12.8. The van der Waals surface area contributed by atoms with E-state index in [-0.39, 0.29) is 11.8 Å². The second-order valence-electron chi connectivity index (χ2n) is 6.86. The molecule has 5 heteroatoms. The quantitative estimate of drug-likeness (QED) is 0.885. The zero-order valence-corrected chi connectivity index (χ0v) is 16.1. The summed E-state index contributed by atoms with van der Waals surface area (Å²) >= 11 is 0. The van der Waals surface area contributed by atoms with E-state index in [0.717, 1.165) is 17.7 Å². The average molecular weight is 365 g/mol. The van der Waals surface area contributed by atoms with Crippen LogP contribution in [0.3, 0.4) is 0 Å². The summed E-state index contributed by atoms with van der Waals surface area (Å²) in [4.78, 5) is 27.9. The standard InChI is InChI=1S/C22H27N3O2/c1-3-19-8-4-5-10-21(19)23-16-18-7-6-9-20(15-18)22(27)25-13-11-24(12-14-25)17(2)26/h4-10,15,23H,3,11-14,16H2,1-2H3. The van der Waals surface area contributed by atoms with Gasteiger partial charge < -0.3 is 15.1 Å². The smallest absolute Gasteiger partial charge is 0.253 e. The van der Waals surface area contributed by atoms with Gasteiger partial charge in [0.1, 0.15) is 0 Å². The van der Waals surface area contributed by atoms with Gasteiger partial charge in [-0.3, -0.25) is 9.59 Å². The van der Waals surface area contributed by atoms with Crippen LogP contribution in [0.1, 0.15) is 35.3 Å². The Morgan fingerprint density at radius 1 is 0.963 bits per heavy atom. The first-order valence-electron chi connectivity index (χ1n) is 9.54. The van der Waals surface area contributed by atoms with Crippen molar-refractivity contribution in [3.8, 4) is 0 Å². The number of anilines is 1. The predicted octanol–water partition coefficient (Wildman–Crippen LogP) is 3.17. The molecule has 0 radical (unpaired) electrons. The lowest BCUT2D eigenvalue weighted by molar-refractivity contribution is -0.130. The van der Waals surface area contributed by atoms with Crippen LogP contribution in [0.15, 0.2) is 48.5 Å². The number of aryl methyl sites for hydroxylation is 1. The van der Waals surface area contributed by atoms with Crippen LogP contribution >= 0.6 is 0 Å². The number of rotatable bonds is 5. The van der Waals surface area contributed by atoms with Gasteiger partial charge in [0.2, 0.25) is 5.91 Å². The predicted molar refractivity (Wildman–Crippen MR) is 108 cm³/mol. The Bertz CT molecular complexity index is 811. The maximum Gasteiger partial charge on any atom is 0.253 e. The fraction of sp³-hybridized carbons (Fsp3) is 0.364. The van der Waals surface area contributed by atoms with Gasteiger partial charge in [-0.15, -0.1) is 0 Å². The number of para-hydroxylation sites is 1. The number of hydrogen-bond acceptors (Lipinski definition) is 3. The minimum Gasteiger partial charge on any atom is -0.381 e. The van der Waals surface area contributed by atoms with E-state index in [1.165, 1.54) is 5.56 Å². The molecule has 0 bridgehead atoms. The van der Waals surface area contributed by atoms with E-state index in [4.69, 9.17) is 0 Å². The summed E-state index contributed by atoms with van der Waals surface area (Å²) in [5.74, 6) is 0.108. The van der Waals surface area contributed by atoms with Gasteiger partial charge in [-0.2, -0.15) is 0 Å². The van der Waals surface area contributed by atoms with Gasteiger partial charge in [0.05, 0.1) is 0 Å². The lowest BCUT2D eigenvalue weighted by Crippen LogP contribution is -2.50. The minimum absolute atomic E-state index is 0.0361. The Kier molecular flexibility index (Phi) is 6.12. The number of benzene rings is 2. The number of hydrogen-bond donors (Lipinski definition) is 1. The molecular formula is C22H27N3O2. The number of nitrogens with zero attached hydrogens (tertiary/aromatic N) is 2. The number of amides is 2. The van der Waals surface area contributed by atoms with E-state index >= 15 is 0 Å². The summed E-state index contributed by atoms with van der Waals surface area (Å²) in [5, 5.41) is 3.48. The molecular weight excluding hydrogens is 338 g/mol. The second-order valence-corrected chi connectivity index (χ2v) is 6.86. The van der Waals surface area contributed by atoms with Crippen LogP contribution in [-0.2, 0) is 17.8 Å². The van der Waals surface area contributed by atoms with Crippen LogP contribution in [-0.4, -0.2) is 47.8 Å². The fourth-order valence-corrected chi connectivity index (χ4v) is 3.42. The maximum atomic E-state index is 12.8. The molecule has 0 unspecified atom stereocenters. The topological polar surface area (TPSA) is 52.7 Å². The molecule has 0 saturated carbocycles. The molecule has 1 fully saturated rings. The van der Waals surface area contributed by atoms with E-state index in [9.17, 15) is 9.59 Å². The van der Waals surface area contributed by atoms with E-state index in [0.29, 0.717) is 38.3 Å². The Balaban J connectivity index is 1.63. The Labute approximate surface area is 161 Å². The molecule has 0 aromatic heterocycles. The second kappa shape index (κ2) is 8.71. The average Bonchev–Trinajstić information content (AvgIpc) is 2.72. The van der Waals surface area contributed by atoms with E-state index < -0.39 is 0 Å². The van der Waals surface area contributed by atoms with Gasteiger partial charge in [0.15, 0.2) is 0 Å². The highest BCUT2D eigenvalue weighted by atomic mass is 16.2. The molecule has 1 saturated heterocycles. The van der Waals surface area contributed by atoms with Crippen molar-refractivity contribution < 1.29 is 9.59 Å². The van der Waals surface area contributed by atoms with Gasteiger partial charge in [-0.05, 0) is 35.7 Å². The molecule has 5 nitrogen and oxygen atoms in total. The van der Waals surface area contributed by atoms with Gasteiger partial charge in [-0.1, -0.05) is 37.3 Å². The first-order chi connectivity index (χ1) is 13.1. The van der Waals surface area contributed by atoms with Gasteiger partial charge in [0.25, 0.3) is 5.91 Å². The lowest BCUT2D eigenvalue weighted by atomic mass is 10.1. The van der Waals surface area contributed by atoms with Gasteiger partial charge in [-0.25, -0.2) is 0 Å². The van der Waals surface area contributed by atoms with Crippen LogP contribution in [0, 0.1) is 0 Å². The summed E-state index contributed by atoms with van der Waals surface area (Å²) in [6, 6.07) is 16.1. The lowest BCUT2D eigenvalue weighted by Gasteiger charge is -2.34. The van der Waals surface area contributed by atoms with Crippen molar-refractivity contribution in [2.75, 3.05) is 31.5 Å². The molecule has 2 amide bonds. The van der Waals surface area contributed by atoms with E-state index in [1.54, 1.807) is 11.8 Å². The Hall–Kier alpha value is -2.82. The number of carbonyl (C=O) groups is 2. The highest BCUT2D eigenvalue weighted by Crippen LogP contribution is 2.17. The molecule has 1 aliphatic rings. The number of nitrogens with one attached hydrogen (secondary N) is 1. The van der Waals surface area contributed by atoms with Crippen molar-refractivity contribution in [3.63, 3.8) is 0 Å².